The van der Waals surface area contributed by atoms with Crippen molar-refractivity contribution in [3.8, 4) is 11.8 Å². The van der Waals surface area contributed by atoms with Crippen molar-refractivity contribution in [2.24, 2.45) is 0 Å². The summed E-state index contributed by atoms with van der Waals surface area (Å²) in [6, 6.07) is 13.8. The van der Waals surface area contributed by atoms with Crippen molar-refractivity contribution >= 4 is 21.5 Å². The summed E-state index contributed by atoms with van der Waals surface area (Å²) in [7, 11) is -2.95. The molecule has 0 saturated carbocycles. The first-order chi connectivity index (χ1) is 12.5. The molecule has 128 valence electrons. The van der Waals surface area contributed by atoms with Gasteiger partial charge in [0.25, 0.3) is 5.91 Å². The minimum Gasteiger partial charge on any atom is -0.275 e. The van der Waals surface area contributed by atoms with Gasteiger partial charge in [0.15, 0.2) is 0 Å². The Hall–Kier alpha value is -3.43. The highest BCUT2D eigenvalue weighted by Crippen LogP contribution is 2.09. The molecule has 0 spiro atoms. The third-order valence-electron chi connectivity index (χ3n) is 3.41. The summed E-state index contributed by atoms with van der Waals surface area (Å²) in [5.74, 6) is 9.04. The Morgan fingerprint density at radius 3 is 2.38 bits per heavy atom. The number of nitrogens with zero attached hydrogens (tertiary/aromatic N) is 2. The lowest BCUT2D eigenvalue weighted by Crippen LogP contribution is -2.30. The predicted octanol–water partition coefficient (Wildman–Crippen LogP) is 2.30. The molecule has 0 saturated heterocycles. The topological polar surface area (TPSA) is 72.0 Å². The first kappa shape index (κ1) is 17.4. The fourth-order valence-corrected chi connectivity index (χ4v) is 3.25. The van der Waals surface area contributed by atoms with Gasteiger partial charge in [0.05, 0.1) is 15.3 Å². The van der Waals surface area contributed by atoms with Gasteiger partial charge in [-0.2, -0.15) is 0 Å². The van der Waals surface area contributed by atoms with E-state index in [-0.39, 0.29) is 5.56 Å². The van der Waals surface area contributed by atoms with Crippen LogP contribution in [0.2, 0.25) is 0 Å². The van der Waals surface area contributed by atoms with Gasteiger partial charge in [-0.05, 0) is 36.2 Å². The third kappa shape index (κ3) is 4.35. The summed E-state index contributed by atoms with van der Waals surface area (Å²) in [6.07, 6.45) is 6.26. The van der Waals surface area contributed by atoms with E-state index in [1.54, 1.807) is 67.1 Å². The smallest absolute Gasteiger partial charge is 0.264 e. The number of hydrogen-bond donors (Lipinski definition) is 1. The van der Waals surface area contributed by atoms with Crippen LogP contribution in [0.3, 0.4) is 0 Å². The zero-order valence-corrected chi connectivity index (χ0v) is 14.6. The van der Waals surface area contributed by atoms with Gasteiger partial charge in [0, 0.05) is 40.8 Å². The molecule has 1 N–H and O–H groups in total. The minimum atomic E-state index is -2.95. The molecule has 2 aromatic heterocycles. The Kier molecular flexibility index (Phi) is 5.11. The van der Waals surface area contributed by atoms with Crippen LogP contribution in [0.15, 0.2) is 78.2 Å². The molecule has 0 bridgehead atoms. The van der Waals surface area contributed by atoms with E-state index in [0.717, 1.165) is 5.56 Å². The largest absolute Gasteiger partial charge is 0.275 e. The predicted molar refractivity (Wildman–Crippen MR) is 102 cm³/mol. The first-order valence-electron chi connectivity index (χ1n) is 7.66. The molecule has 26 heavy (non-hydrogen) atoms. The molecule has 0 aliphatic rings. The van der Waals surface area contributed by atoms with E-state index < -0.39 is 15.6 Å². The summed E-state index contributed by atoms with van der Waals surface area (Å²) in [5.41, 5.74) is 1.64. The van der Waals surface area contributed by atoms with Gasteiger partial charge < -0.3 is 0 Å². The molecule has 6 heteroatoms. The number of aromatic nitrogens is 2. The average Bonchev–Trinajstić information content (AvgIpc) is 2.68. The Bertz CT molecular complexity index is 1080. The normalized spacial score (nSPS) is 12.3. The minimum absolute atomic E-state index is 0.263. The van der Waals surface area contributed by atoms with Crippen molar-refractivity contribution in [3.05, 3.63) is 90.0 Å². The lowest BCUT2D eigenvalue weighted by molar-refractivity contribution is 0.0982. The van der Waals surface area contributed by atoms with Crippen molar-refractivity contribution in [2.75, 3.05) is 0 Å². The van der Waals surface area contributed by atoms with Crippen LogP contribution in [0.5, 0.6) is 0 Å². The highest BCUT2D eigenvalue weighted by atomic mass is 32.2. The van der Waals surface area contributed by atoms with Crippen molar-refractivity contribution in [1.29, 1.82) is 0 Å². The van der Waals surface area contributed by atoms with E-state index in [9.17, 15) is 9.00 Å². The highest BCUT2D eigenvalue weighted by molar-refractivity contribution is 7.99. The molecule has 0 radical (unpaired) electrons. The monoisotopic (exact) mass is 361 g/mol. The second kappa shape index (κ2) is 7.64. The maximum absolute atomic E-state index is 12.7. The number of carbonyl (C=O) groups excluding carboxylic acids is 1. The maximum atomic E-state index is 12.7. The summed E-state index contributed by atoms with van der Waals surface area (Å²) in [4.78, 5) is 20.8. The van der Waals surface area contributed by atoms with Crippen LogP contribution in [0.25, 0.3) is 0 Å². The maximum Gasteiger partial charge on any atom is 0.264 e. The van der Waals surface area contributed by atoms with E-state index in [2.05, 4.69) is 32.4 Å². The number of hydrogen-bond acceptors (Lipinski definition) is 4. The Morgan fingerprint density at radius 2 is 1.65 bits per heavy atom. The number of nitrogens with one attached hydrogen (secondary N) is 1. The lowest BCUT2D eigenvalue weighted by Gasteiger charge is -2.11. The van der Waals surface area contributed by atoms with Gasteiger partial charge in [0.2, 0.25) is 0 Å². The Labute approximate surface area is 152 Å². The van der Waals surface area contributed by atoms with Crippen LogP contribution >= 0.6 is 0 Å². The van der Waals surface area contributed by atoms with E-state index >= 15 is 0 Å². The van der Waals surface area contributed by atoms with Crippen LogP contribution in [-0.2, 0) is 9.71 Å². The number of amides is 1. The molecule has 1 atom stereocenters. The third-order valence-corrected chi connectivity index (χ3v) is 4.96. The molecule has 5 nitrogen and oxygen atoms in total. The van der Waals surface area contributed by atoms with E-state index in [1.807, 2.05) is 0 Å². The molecule has 3 aromatic rings. The fraction of sp³-hybridized carbons (Fsp3) is 0. The molecule has 1 unspecified atom stereocenters. The second-order valence-electron chi connectivity index (χ2n) is 5.37. The molecule has 0 aliphatic heterocycles. The van der Waals surface area contributed by atoms with Crippen molar-refractivity contribution in [1.82, 2.24) is 14.7 Å². The lowest BCUT2D eigenvalue weighted by atomic mass is 10.2. The fourth-order valence-electron chi connectivity index (χ4n) is 2.12. The Morgan fingerprint density at radius 1 is 0.962 bits per heavy atom. The van der Waals surface area contributed by atoms with Gasteiger partial charge in [-0.3, -0.25) is 19.5 Å². The first-order valence-corrected chi connectivity index (χ1v) is 9.39. The van der Waals surface area contributed by atoms with Gasteiger partial charge in [-0.25, -0.2) is 4.21 Å². The van der Waals surface area contributed by atoms with Gasteiger partial charge in [0.1, 0.15) is 0 Å². The van der Waals surface area contributed by atoms with Crippen LogP contribution in [0.4, 0.5) is 0 Å². The molecule has 1 aromatic carbocycles. The molecule has 0 aliphatic carbocycles. The number of benzene rings is 1. The van der Waals surface area contributed by atoms with Crippen LogP contribution in [0.1, 0.15) is 21.5 Å². The quantitative estimate of drug-likeness (QED) is 0.574. The molecule has 0 fully saturated rings. The van der Waals surface area contributed by atoms with Crippen molar-refractivity contribution in [2.45, 2.75) is 4.90 Å². The number of pyridine rings is 2. The van der Waals surface area contributed by atoms with Gasteiger partial charge >= 0.3 is 0 Å². The van der Waals surface area contributed by atoms with Crippen LogP contribution < -0.4 is 4.72 Å². The van der Waals surface area contributed by atoms with Crippen LogP contribution in [-0.4, -0.2) is 26.0 Å². The van der Waals surface area contributed by atoms with Crippen molar-refractivity contribution in [3.63, 3.8) is 0 Å². The molecular formula is C20H15N3O2S. The van der Waals surface area contributed by atoms with E-state index in [4.69, 9.17) is 0 Å². The molecule has 2 heterocycles. The molecule has 1 amide bonds. The van der Waals surface area contributed by atoms with Crippen molar-refractivity contribution < 1.29 is 9.00 Å². The zero-order valence-electron chi connectivity index (χ0n) is 13.8. The Balaban J connectivity index is 1.80. The van der Waals surface area contributed by atoms with E-state index in [1.165, 1.54) is 6.20 Å². The standard InChI is InChI=1S/C20H15N3O2S/c1-26(25,19-5-3-2-4-6-19)23-20(24)18-13-17(14-22-15-18)8-7-16-9-11-21-12-10-16/h2-6,9-15H,1H2,(H,23,24,25). The summed E-state index contributed by atoms with van der Waals surface area (Å²) < 4.78 is 15.1. The number of carbonyl (C=O) groups is 1. The SMILES string of the molecule is C=S(=O)(NC(=O)c1cncc(C#Cc2ccncc2)c1)c1ccccc1. The average molecular weight is 361 g/mol. The summed E-state index contributed by atoms with van der Waals surface area (Å²) in [5, 5.41) is 0. The van der Waals surface area contributed by atoms with Gasteiger partial charge in [-0.1, -0.05) is 30.0 Å². The molecular weight excluding hydrogens is 346 g/mol. The van der Waals surface area contributed by atoms with Gasteiger partial charge in [-0.15, -0.1) is 0 Å². The summed E-state index contributed by atoms with van der Waals surface area (Å²) in [6.45, 7) is 0. The number of rotatable bonds is 3. The second-order valence-corrected chi connectivity index (χ2v) is 7.39. The zero-order chi connectivity index (χ0) is 18.4. The van der Waals surface area contributed by atoms with Crippen LogP contribution in [0, 0.1) is 11.8 Å². The van der Waals surface area contributed by atoms with E-state index in [0.29, 0.717) is 10.5 Å². The summed E-state index contributed by atoms with van der Waals surface area (Å²) >= 11 is 0. The highest BCUT2D eigenvalue weighted by Gasteiger charge is 2.13. The molecule has 3 rings (SSSR count).